The summed E-state index contributed by atoms with van der Waals surface area (Å²) in [7, 11) is 15.5. The fourth-order valence-corrected chi connectivity index (χ4v) is 143. The van der Waals surface area contributed by atoms with Crippen LogP contribution in [0.15, 0.2) is 218 Å². The van der Waals surface area contributed by atoms with E-state index >= 15 is 0 Å². The second-order valence-corrected chi connectivity index (χ2v) is 77.6. The molecule has 0 spiro atoms. The normalized spacial score (nSPS) is 13.6. The van der Waals surface area contributed by atoms with Gasteiger partial charge in [0.05, 0.1) is 0 Å². The molecule has 69 heavy (non-hydrogen) atoms. The van der Waals surface area contributed by atoms with Gasteiger partial charge in [0.25, 0.3) is 0 Å². The van der Waals surface area contributed by atoms with Gasteiger partial charge in [-0.05, 0) is 0 Å². The Kier molecular flexibility index (Phi) is 13.8. The molecule has 0 aliphatic carbocycles. The van der Waals surface area contributed by atoms with Gasteiger partial charge in [-0.15, -0.1) is 0 Å². The van der Waals surface area contributed by atoms with E-state index in [0.717, 1.165) is 0 Å². The van der Waals surface area contributed by atoms with E-state index in [1.165, 1.54) is 97.8 Å². The number of benzene rings is 9. The molecule has 0 nitrogen and oxygen atoms in total. The summed E-state index contributed by atoms with van der Waals surface area (Å²) in [5.74, 6) is 0. The van der Waals surface area contributed by atoms with Crippen molar-refractivity contribution >= 4 is 83.9 Å². The summed E-state index contributed by atoms with van der Waals surface area (Å²) in [5.41, 5.74) is -1.19. The van der Waals surface area contributed by atoms with Crippen LogP contribution in [0, 0.1) is 62.3 Å². The number of hydrogen-bond acceptors (Lipinski definition) is 0. The van der Waals surface area contributed by atoms with Crippen molar-refractivity contribution in [1.82, 2.24) is 0 Å². The van der Waals surface area contributed by atoms with Gasteiger partial charge < -0.3 is 0 Å². The van der Waals surface area contributed by atoms with Gasteiger partial charge in [-0.3, -0.25) is 0 Å². The van der Waals surface area contributed by atoms with E-state index in [1.807, 2.05) is 0 Å². The number of aryl methyl sites for hydroxylation is 9. The average Bonchev–Trinajstić information content (AvgIpc) is 3.34. The van der Waals surface area contributed by atoms with Crippen molar-refractivity contribution in [2.45, 2.75) is 62.3 Å². The van der Waals surface area contributed by atoms with Crippen molar-refractivity contribution in [1.29, 1.82) is 0 Å². The SMILES string of the molecule is Cc1ccc([PH](c2ccc(C)cc2)(c2ccc(C)cc2)[Ru]([Cl])([Cl])([PH](c2ccc(C)cc2)(c2ccc(C)cc2)c2ccc(C)cc2)[PH](c2ccc(C)cc2)(c2ccc(C)cc2)c2ccc(C)cc2)cc1. The fraction of sp³-hybridized carbons (Fsp3) is 0.143. The number of hydrogen-bond donors (Lipinski definition) is 0. The Hall–Kier alpha value is -4.53. The molecule has 9 rings (SSSR count). The van der Waals surface area contributed by atoms with Crippen LogP contribution in [0.2, 0.25) is 0 Å². The summed E-state index contributed by atoms with van der Waals surface area (Å²) in [6.07, 6.45) is 0. The number of halogens is 2. The van der Waals surface area contributed by atoms with E-state index < -0.39 is 27.0 Å². The van der Waals surface area contributed by atoms with Crippen LogP contribution in [0.25, 0.3) is 0 Å². The van der Waals surface area contributed by atoms with E-state index in [1.54, 1.807) is 0 Å². The Balaban J connectivity index is 1.78. The summed E-state index contributed by atoms with van der Waals surface area (Å²) in [5, 5.41) is 11.1. The molecule has 0 aromatic heterocycles. The Morgan fingerprint density at radius 3 is 0.362 bits per heavy atom. The van der Waals surface area contributed by atoms with Crippen molar-refractivity contribution < 1.29 is 10.2 Å². The summed E-state index contributed by atoms with van der Waals surface area (Å²) in [6, 6.07) is 85.5. The van der Waals surface area contributed by atoms with E-state index in [0.29, 0.717) is 0 Å². The molecule has 0 radical (unpaired) electrons. The van der Waals surface area contributed by atoms with Gasteiger partial charge in [-0.25, -0.2) is 0 Å². The summed E-state index contributed by atoms with van der Waals surface area (Å²) in [6.45, 7) is 19.8. The Labute approximate surface area is 421 Å². The monoisotopic (exact) mass is 1090 g/mol. The van der Waals surface area contributed by atoms with Crippen LogP contribution in [0.1, 0.15) is 50.1 Å². The molecule has 0 aliphatic heterocycles. The minimum absolute atomic E-state index is 1.20. The average molecular weight is 1090 g/mol. The molecular weight excluding hydrogens is 1020 g/mol. The standard InChI is InChI=1S/3C21H21P.2ClH.Ru/c3*1-16-4-10-19(11-5-16)22(20-12-6-17(2)7-13-20)21-14-8-18(3)9-15-21;;;/h3*4-15H,1-3H3;2*1H;/q;;;;;-1/p+1. The van der Waals surface area contributed by atoms with Gasteiger partial charge in [0.2, 0.25) is 0 Å². The van der Waals surface area contributed by atoms with E-state index in [-0.39, 0.29) is 0 Å². The van der Waals surface area contributed by atoms with Crippen LogP contribution in [0.5, 0.6) is 0 Å². The third kappa shape index (κ3) is 7.79. The molecular formula is C63H66Cl2P3Ru. The van der Waals surface area contributed by atoms with Crippen LogP contribution >= 0.6 is 36.2 Å². The van der Waals surface area contributed by atoms with Crippen LogP contribution in [0.4, 0.5) is 0 Å². The quantitative estimate of drug-likeness (QED) is 0.0845. The van der Waals surface area contributed by atoms with Crippen molar-refractivity contribution in [2.24, 2.45) is 0 Å². The summed E-state index contributed by atoms with van der Waals surface area (Å²) < 4.78 is 0. The molecule has 0 atom stereocenters. The van der Waals surface area contributed by atoms with E-state index in [2.05, 4.69) is 281 Å². The van der Waals surface area contributed by atoms with Gasteiger partial charge >= 0.3 is 425 Å². The maximum atomic E-state index is 10.9. The first kappa shape index (κ1) is 49.5. The molecule has 0 bridgehead atoms. The van der Waals surface area contributed by atoms with Gasteiger partial charge in [0.15, 0.2) is 0 Å². The first-order valence-corrected chi connectivity index (χ1v) is 41.8. The molecule has 6 heteroatoms. The molecule has 0 N–H and O–H groups in total. The molecule has 0 saturated heterocycles. The predicted molar refractivity (Wildman–Crippen MR) is 314 cm³/mol. The third-order valence-electron chi connectivity index (χ3n) is 14.4. The Morgan fingerprint density at radius 1 is 0.188 bits per heavy atom. The summed E-state index contributed by atoms with van der Waals surface area (Å²) >= 11 is 0. The summed E-state index contributed by atoms with van der Waals surface area (Å²) in [4.78, 5) is 0. The molecule has 0 heterocycles. The fourth-order valence-electron chi connectivity index (χ4n) is 10.7. The number of rotatable bonds is 12. The van der Waals surface area contributed by atoms with Crippen LogP contribution < -0.4 is 47.7 Å². The van der Waals surface area contributed by atoms with Crippen LogP contribution in [0.3, 0.4) is 0 Å². The molecule has 0 saturated carbocycles. The zero-order valence-electron chi connectivity index (χ0n) is 41.4. The predicted octanol–water partition coefficient (Wildman–Crippen LogP) is 13.7. The zero-order chi connectivity index (χ0) is 48.8. The van der Waals surface area contributed by atoms with Gasteiger partial charge in [0, 0.05) is 0 Å². The maximum absolute atomic E-state index is 10.9. The molecule has 0 unspecified atom stereocenters. The van der Waals surface area contributed by atoms with Crippen molar-refractivity contribution in [3.05, 3.63) is 268 Å². The molecule has 9 aromatic rings. The Bertz CT molecular complexity index is 2530. The van der Waals surface area contributed by atoms with Gasteiger partial charge in [0.1, 0.15) is 0 Å². The first-order chi connectivity index (χ1) is 33.1. The van der Waals surface area contributed by atoms with E-state index in [4.69, 9.17) is 0 Å². The van der Waals surface area contributed by atoms with Gasteiger partial charge in [-0.1, -0.05) is 0 Å². The Morgan fingerprint density at radius 2 is 0.275 bits per heavy atom. The minimum atomic E-state index is -6.20. The second kappa shape index (κ2) is 19.2. The van der Waals surface area contributed by atoms with E-state index in [9.17, 15) is 19.4 Å². The van der Waals surface area contributed by atoms with Crippen molar-refractivity contribution in [3.63, 3.8) is 0 Å². The van der Waals surface area contributed by atoms with Crippen molar-refractivity contribution in [3.8, 4) is 0 Å². The molecule has 355 valence electrons. The van der Waals surface area contributed by atoms with Gasteiger partial charge in [-0.2, -0.15) is 0 Å². The second-order valence-electron chi connectivity index (χ2n) is 19.4. The first-order valence-electron chi connectivity index (χ1n) is 23.9. The molecule has 0 amide bonds. The molecule has 0 fully saturated rings. The molecule has 0 aliphatic rings. The topological polar surface area (TPSA) is 0 Å². The third-order valence-corrected chi connectivity index (χ3v) is 111. The van der Waals surface area contributed by atoms with Crippen LogP contribution in [-0.4, -0.2) is 0 Å². The van der Waals surface area contributed by atoms with Crippen molar-refractivity contribution in [2.75, 3.05) is 0 Å². The molecule has 9 aromatic carbocycles. The zero-order valence-corrected chi connectivity index (χ0v) is 47.6. The van der Waals surface area contributed by atoms with Crippen LogP contribution in [-0.2, 0) is 10.2 Å².